The van der Waals surface area contributed by atoms with Gasteiger partial charge in [-0.3, -0.25) is 4.79 Å². The van der Waals surface area contributed by atoms with Crippen molar-refractivity contribution in [2.45, 2.75) is 19.8 Å². The lowest BCUT2D eigenvalue weighted by Gasteiger charge is -2.47. The summed E-state index contributed by atoms with van der Waals surface area (Å²) in [6.45, 7) is 5.47. The predicted octanol–water partition coefficient (Wildman–Crippen LogP) is 0.220. The monoisotopic (exact) mass is 212 g/mol. The Balaban J connectivity index is 1.99. The summed E-state index contributed by atoms with van der Waals surface area (Å²) in [6, 6.07) is 0. The van der Waals surface area contributed by atoms with Crippen molar-refractivity contribution in [1.82, 2.24) is 4.90 Å². The zero-order valence-corrected chi connectivity index (χ0v) is 9.37. The van der Waals surface area contributed by atoms with Gasteiger partial charge in [0.25, 0.3) is 0 Å². The van der Waals surface area contributed by atoms with Crippen LogP contribution in [0.4, 0.5) is 0 Å². The molecule has 1 aliphatic carbocycles. The van der Waals surface area contributed by atoms with Crippen molar-refractivity contribution < 1.29 is 9.53 Å². The predicted molar refractivity (Wildman–Crippen MR) is 57.3 cm³/mol. The number of carbonyl (C=O) groups is 1. The fourth-order valence-electron chi connectivity index (χ4n) is 2.80. The van der Waals surface area contributed by atoms with Crippen molar-refractivity contribution in [2.75, 3.05) is 32.8 Å². The SMILES string of the molecule is CC1CC(CN)(C(=O)N2CCOCC2)C1. The summed E-state index contributed by atoms with van der Waals surface area (Å²) >= 11 is 0. The molecule has 0 radical (unpaired) electrons. The summed E-state index contributed by atoms with van der Waals surface area (Å²) in [6.07, 6.45) is 1.92. The maximum absolute atomic E-state index is 12.3. The molecule has 0 spiro atoms. The highest BCUT2D eigenvalue weighted by Gasteiger charge is 2.48. The maximum Gasteiger partial charge on any atom is 0.230 e. The minimum Gasteiger partial charge on any atom is -0.378 e. The van der Waals surface area contributed by atoms with Gasteiger partial charge in [-0.1, -0.05) is 6.92 Å². The van der Waals surface area contributed by atoms with E-state index >= 15 is 0 Å². The average Bonchev–Trinajstić information content (AvgIpc) is 2.25. The van der Waals surface area contributed by atoms with Crippen LogP contribution in [0.2, 0.25) is 0 Å². The van der Waals surface area contributed by atoms with Crippen molar-refractivity contribution in [2.24, 2.45) is 17.1 Å². The van der Waals surface area contributed by atoms with Gasteiger partial charge in [0.2, 0.25) is 5.91 Å². The highest BCUT2D eigenvalue weighted by Crippen LogP contribution is 2.45. The smallest absolute Gasteiger partial charge is 0.230 e. The van der Waals surface area contributed by atoms with Crippen LogP contribution in [0.25, 0.3) is 0 Å². The van der Waals surface area contributed by atoms with Crippen molar-refractivity contribution in [3.63, 3.8) is 0 Å². The first-order valence-corrected chi connectivity index (χ1v) is 5.75. The molecule has 4 heteroatoms. The van der Waals surface area contributed by atoms with E-state index in [4.69, 9.17) is 10.5 Å². The molecule has 86 valence electrons. The summed E-state index contributed by atoms with van der Waals surface area (Å²) in [5, 5.41) is 0. The Bertz CT molecular complexity index is 243. The number of nitrogens with zero attached hydrogens (tertiary/aromatic N) is 1. The molecule has 0 unspecified atom stereocenters. The highest BCUT2D eigenvalue weighted by atomic mass is 16.5. The van der Waals surface area contributed by atoms with Crippen LogP contribution in [0.1, 0.15) is 19.8 Å². The molecule has 2 fully saturated rings. The number of morpholine rings is 1. The van der Waals surface area contributed by atoms with E-state index in [-0.39, 0.29) is 11.3 Å². The van der Waals surface area contributed by atoms with Crippen molar-refractivity contribution in [3.05, 3.63) is 0 Å². The fraction of sp³-hybridized carbons (Fsp3) is 0.909. The normalized spacial score (nSPS) is 36.1. The summed E-state index contributed by atoms with van der Waals surface area (Å²) in [7, 11) is 0. The van der Waals surface area contributed by atoms with E-state index in [2.05, 4.69) is 6.92 Å². The lowest BCUT2D eigenvalue weighted by atomic mass is 9.62. The van der Waals surface area contributed by atoms with Crippen molar-refractivity contribution in [3.8, 4) is 0 Å². The molecule has 1 saturated heterocycles. The Hall–Kier alpha value is -0.610. The summed E-state index contributed by atoms with van der Waals surface area (Å²) < 4.78 is 5.24. The molecule has 1 amide bonds. The Morgan fingerprint density at radius 2 is 2.07 bits per heavy atom. The highest BCUT2D eigenvalue weighted by molar-refractivity contribution is 5.84. The quantitative estimate of drug-likeness (QED) is 0.712. The molecular weight excluding hydrogens is 192 g/mol. The van der Waals surface area contributed by atoms with E-state index in [1.54, 1.807) is 0 Å². The van der Waals surface area contributed by atoms with Gasteiger partial charge in [0.15, 0.2) is 0 Å². The molecule has 15 heavy (non-hydrogen) atoms. The Kier molecular flexibility index (Phi) is 2.98. The maximum atomic E-state index is 12.3. The van der Waals surface area contributed by atoms with Gasteiger partial charge in [-0.2, -0.15) is 0 Å². The fourth-order valence-corrected chi connectivity index (χ4v) is 2.80. The van der Waals surface area contributed by atoms with E-state index in [0.717, 1.165) is 25.9 Å². The zero-order valence-electron chi connectivity index (χ0n) is 9.37. The molecular formula is C11H20N2O2. The van der Waals surface area contributed by atoms with Crippen LogP contribution in [0.5, 0.6) is 0 Å². The van der Waals surface area contributed by atoms with Gasteiger partial charge in [0, 0.05) is 19.6 Å². The molecule has 1 aliphatic heterocycles. The molecule has 1 heterocycles. The van der Waals surface area contributed by atoms with Gasteiger partial charge in [0.1, 0.15) is 0 Å². The van der Waals surface area contributed by atoms with Crippen LogP contribution in [-0.4, -0.2) is 43.7 Å². The summed E-state index contributed by atoms with van der Waals surface area (Å²) in [5.41, 5.74) is 5.52. The minimum atomic E-state index is -0.239. The molecule has 4 nitrogen and oxygen atoms in total. The first-order valence-electron chi connectivity index (χ1n) is 5.75. The third-order valence-corrected chi connectivity index (χ3v) is 3.62. The lowest BCUT2D eigenvalue weighted by Crippen LogP contribution is -2.56. The van der Waals surface area contributed by atoms with Crippen molar-refractivity contribution in [1.29, 1.82) is 0 Å². The van der Waals surface area contributed by atoms with Gasteiger partial charge in [-0.15, -0.1) is 0 Å². The van der Waals surface area contributed by atoms with E-state index < -0.39 is 0 Å². The topological polar surface area (TPSA) is 55.6 Å². The first-order chi connectivity index (χ1) is 7.18. The third-order valence-electron chi connectivity index (χ3n) is 3.62. The third kappa shape index (κ3) is 1.88. The second-order valence-corrected chi connectivity index (χ2v) is 4.90. The molecule has 1 saturated carbocycles. The van der Waals surface area contributed by atoms with Crippen LogP contribution in [0.15, 0.2) is 0 Å². The number of ether oxygens (including phenoxy) is 1. The number of carbonyl (C=O) groups excluding carboxylic acids is 1. The Morgan fingerprint density at radius 3 is 2.53 bits per heavy atom. The van der Waals surface area contributed by atoms with E-state index in [1.807, 2.05) is 4.90 Å². The first kappa shape index (κ1) is 10.9. The Labute approximate surface area is 90.8 Å². The molecule has 0 atom stereocenters. The molecule has 0 bridgehead atoms. The van der Waals surface area contributed by atoms with Crippen LogP contribution < -0.4 is 5.73 Å². The summed E-state index contributed by atoms with van der Waals surface area (Å²) in [4.78, 5) is 14.2. The number of hydrogen-bond acceptors (Lipinski definition) is 3. The number of amides is 1. The van der Waals surface area contributed by atoms with Gasteiger partial charge in [-0.25, -0.2) is 0 Å². The van der Waals surface area contributed by atoms with E-state index in [9.17, 15) is 4.79 Å². The molecule has 0 aromatic rings. The van der Waals surface area contributed by atoms with Crippen LogP contribution in [0, 0.1) is 11.3 Å². The molecule has 2 rings (SSSR count). The molecule has 2 aliphatic rings. The number of nitrogens with two attached hydrogens (primary N) is 1. The van der Waals surface area contributed by atoms with Gasteiger partial charge >= 0.3 is 0 Å². The van der Waals surface area contributed by atoms with E-state index in [1.165, 1.54) is 0 Å². The minimum absolute atomic E-state index is 0.239. The zero-order chi connectivity index (χ0) is 10.9. The van der Waals surface area contributed by atoms with Crippen LogP contribution in [0.3, 0.4) is 0 Å². The van der Waals surface area contributed by atoms with Gasteiger partial charge < -0.3 is 15.4 Å². The molecule has 0 aromatic carbocycles. The van der Waals surface area contributed by atoms with Gasteiger partial charge in [0.05, 0.1) is 18.6 Å². The standard InChI is InChI=1S/C11H20N2O2/c1-9-6-11(7-9,8-12)10(14)13-2-4-15-5-3-13/h9H,2-8,12H2,1H3. The molecule has 2 N–H and O–H groups in total. The Morgan fingerprint density at radius 1 is 1.47 bits per heavy atom. The second kappa shape index (κ2) is 4.10. The van der Waals surface area contributed by atoms with Gasteiger partial charge in [-0.05, 0) is 18.8 Å². The van der Waals surface area contributed by atoms with Crippen LogP contribution in [-0.2, 0) is 9.53 Å². The molecule has 0 aromatic heterocycles. The van der Waals surface area contributed by atoms with E-state index in [0.29, 0.717) is 25.7 Å². The lowest BCUT2D eigenvalue weighted by molar-refractivity contribution is -0.153. The van der Waals surface area contributed by atoms with Crippen LogP contribution >= 0.6 is 0 Å². The average molecular weight is 212 g/mol. The summed E-state index contributed by atoms with van der Waals surface area (Å²) in [5.74, 6) is 0.907. The largest absolute Gasteiger partial charge is 0.378 e. The number of hydrogen-bond donors (Lipinski definition) is 1. The second-order valence-electron chi connectivity index (χ2n) is 4.90. The van der Waals surface area contributed by atoms with Crippen molar-refractivity contribution >= 4 is 5.91 Å². The number of rotatable bonds is 2.